The van der Waals surface area contributed by atoms with Gasteiger partial charge in [-0.3, -0.25) is 0 Å². The van der Waals surface area contributed by atoms with Crippen LogP contribution in [0.2, 0.25) is 0 Å². The van der Waals surface area contributed by atoms with E-state index in [0.29, 0.717) is 25.1 Å². The third kappa shape index (κ3) is 4.85. The number of carbonyl (C=O) groups is 1. The highest BCUT2D eigenvalue weighted by atomic mass is 16.5. The maximum absolute atomic E-state index is 11.6. The van der Waals surface area contributed by atoms with E-state index < -0.39 is 0 Å². The van der Waals surface area contributed by atoms with Crippen LogP contribution in [0.4, 0.5) is 4.79 Å². The largest absolute Gasteiger partial charge is 0.445 e. The molecule has 0 radical (unpaired) electrons. The average molecular weight is 276 g/mol. The van der Waals surface area contributed by atoms with Crippen molar-refractivity contribution >= 4 is 6.09 Å². The summed E-state index contributed by atoms with van der Waals surface area (Å²) in [7, 11) is 0. The molecule has 1 fully saturated rings. The van der Waals surface area contributed by atoms with E-state index in [-0.39, 0.29) is 6.09 Å². The van der Waals surface area contributed by atoms with E-state index in [2.05, 4.69) is 5.32 Å². The number of rotatable bonds is 5. The summed E-state index contributed by atoms with van der Waals surface area (Å²) in [6.07, 6.45) is 5.39. The van der Waals surface area contributed by atoms with Gasteiger partial charge in [-0.05, 0) is 30.7 Å². The van der Waals surface area contributed by atoms with Crippen LogP contribution >= 0.6 is 0 Å². The standard InChI is InChI=1S/C16H24N2O2/c17-15-9-5-4-8-14(15)10-11-18-16(19)20-12-13-6-2-1-3-7-13/h1-3,6-7,14-15H,4-5,8-12,17H2,(H,18,19). The Morgan fingerprint density at radius 3 is 2.75 bits per heavy atom. The van der Waals surface area contributed by atoms with Crippen molar-refractivity contribution in [2.24, 2.45) is 11.7 Å². The first kappa shape index (κ1) is 14.9. The molecule has 1 aromatic carbocycles. The molecule has 20 heavy (non-hydrogen) atoms. The molecule has 2 rings (SSSR count). The monoisotopic (exact) mass is 276 g/mol. The van der Waals surface area contributed by atoms with E-state index >= 15 is 0 Å². The lowest BCUT2D eigenvalue weighted by molar-refractivity contribution is 0.138. The zero-order chi connectivity index (χ0) is 14.2. The molecular formula is C16H24N2O2. The molecule has 1 saturated carbocycles. The second-order valence-corrected chi connectivity index (χ2v) is 5.49. The predicted molar refractivity (Wildman–Crippen MR) is 79.2 cm³/mol. The average Bonchev–Trinajstić information content (AvgIpc) is 2.48. The number of ether oxygens (including phenoxy) is 1. The minimum Gasteiger partial charge on any atom is -0.445 e. The fraction of sp³-hybridized carbons (Fsp3) is 0.562. The molecule has 1 aliphatic rings. The van der Waals surface area contributed by atoms with Gasteiger partial charge in [0.2, 0.25) is 0 Å². The molecule has 2 unspecified atom stereocenters. The molecule has 3 N–H and O–H groups in total. The number of benzene rings is 1. The molecule has 1 aromatic rings. The van der Waals surface area contributed by atoms with Gasteiger partial charge in [0.25, 0.3) is 0 Å². The van der Waals surface area contributed by atoms with Crippen LogP contribution in [0.15, 0.2) is 30.3 Å². The Morgan fingerprint density at radius 1 is 1.25 bits per heavy atom. The van der Waals surface area contributed by atoms with Gasteiger partial charge in [0.05, 0.1) is 0 Å². The van der Waals surface area contributed by atoms with Gasteiger partial charge in [-0.15, -0.1) is 0 Å². The van der Waals surface area contributed by atoms with Crippen LogP contribution < -0.4 is 11.1 Å². The van der Waals surface area contributed by atoms with Crippen molar-refractivity contribution in [3.63, 3.8) is 0 Å². The first-order valence-electron chi connectivity index (χ1n) is 7.46. The third-order valence-electron chi connectivity index (χ3n) is 3.97. The van der Waals surface area contributed by atoms with Gasteiger partial charge >= 0.3 is 6.09 Å². The fourth-order valence-corrected chi connectivity index (χ4v) is 2.73. The number of alkyl carbamates (subject to hydrolysis) is 1. The van der Waals surface area contributed by atoms with Crippen LogP contribution in [0.3, 0.4) is 0 Å². The van der Waals surface area contributed by atoms with Crippen LogP contribution in [0.25, 0.3) is 0 Å². The van der Waals surface area contributed by atoms with Crippen molar-refractivity contribution in [3.05, 3.63) is 35.9 Å². The van der Waals surface area contributed by atoms with E-state index in [4.69, 9.17) is 10.5 Å². The number of hydrogen-bond acceptors (Lipinski definition) is 3. The third-order valence-corrected chi connectivity index (χ3v) is 3.97. The summed E-state index contributed by atoms with van der Waals surface area (Å²) in [6, 6.07) is 9.98. The molecule has 2 atom stereocenters. The zero-order valence-corrected chi connectivity index (χ0v) is 11.9. The first-order valence-corrected chi connectivity index (χ1v) is 7.46. The first-order chi connectivity index (χ1) is 9.75. The summed E-state index contributed by atoms with van der Waals surface area (Å²) < 4.78 is 5.16. The van der Waals surface area contributed by atoms with Crippen molar-refractivity contribution < 1.29 is 9.53 Å². The lowest BCUT2D eigenvalue weighted by Gasteiger charge is -2.28. The fourth-order valence-electron chi connectivity index (χ4n) is 2.73. The van der Waals surface area contributed by atoms with Gasteiger partial charge in [-0.1, -0.05) is 43.2 Å². The maximum Gasteiger partial charge on any atom is 0.407 e. The summed E-state index contributed by atoms with van der Waals surface area (Å²) in [6.45, 7) is 0.960. The van der Waals surface area contributed by atoms with Gasteiger partial charge < -0.3 is 15.8 Å². The van der Waals surface area contributed by atoms with Gasteiger partial charge in [0.1, 0.15) is 6.61 Å². The van der Waals surface area contributed by atoms with Crippen molar-refractivity contribution in [3.8, 4) is 0 Å². The van der Waals surface area contributed by atoms with Gasteiger partial charge in [-0.25, -0.2) is 4.79 Å². The molecule has 4 heteroatoms. The Balaban J connectivity index is 1.60. The lowest BCUT2D eigenvalue weighted by atomic mass is 9.83. The molecule has 0 saturated heterocycles. The predicted octanol–water partition coefficient (Wildman–Crippen LogP) is 2.82. The molecule has 0 heterocycles. The number of carbonyl (C=O) groups excluding carboxylic acids is 1. The molecule has 0 bridgehead atoms. The molecule has 1 amide bonds. The molecule has 0 aliphatic heterocycles. The second-order valence-electron chi connectivity index (χ2n) is 5.49. The van der Waals surface area contributed by atoms with Crippen molar-refractivity contribution in [2.45, 2.75) is 44.8 Å². The second kappa shape index (κ2) is 7.90. The van der Waals surface area contributed by atoms with Crippen LogP contribution in [0, 0.1) is 5.92 Å². The molecule has 4 nitrogen and oxygen atoms in total. The maximum atomic E-state index is 11.6. The van der Waals surface area contributed by atoms with Crippen LogP contribution in [-0.4, -0.2) is 18.7 Å². The Bertz CT molecular complexity index is 408. The normalized spacial score (nSPS) is 22.2. The van der Waals surface area contributed by atoms with Crippen molar-refractivity contribution in [1.29, 1.82) is 0 Å². The highest BCUT2D eigenvalue weighted by Crippen LogP contribution is 2.25. The minimum atomic E-state index is -0.349. The summed E-state index contributed by atoms with van der Waals surface area (Å²) in [4.78, 5) is 11.6. The van der Waals surface area contributed by atoms with Crippen molar-refractivity contribution in [1.82, 2.24) is 5.32 Å². The lowest BCUT2D eigenvalue weighted by Crippen LogP contribution is -2.36. The molecule has 0 aromatic heterocycles. The minimum absolute atomic E-state index is 0.297. The number of nitrogens with two attached hydrogens (primary N) is 1. The van der Waals surface area contributed by atoms with Crippen LogP contribution in [0.1, 0.15) is 37.7 Å². The van der Waals surface area contributed by atoms with Gasteiger partial charge in [0, 0.05) is 12.6 Å². The topological polar surface area (TPSA) is 64.3 Å². The molecule has 1 aliphatic carbocycles. The Labute approximate surface area is 120 Å². The van der Waals surface area contributed by atoms with E-state index in [1.807, 2.05) is 30.3 Å². The Morgan fingerprint density at radius 2 is 2.00 bits per heavy atom. The van der Waals surface area contributed by atoms with E-state index in [0.717, 1.165) is 18.4 Å². The van der Waals surface area contributed by atoms with Crippen molar-refractivity contribution in [2.75, 3.05) is 6.54 Å². The summed E-state index contributed by atoms with van der Waals surface area (Å²) in [5.41, 5.74) is 7.08. The summed E-state index contributed by atoms with van der Waals surface area (Å²) in [5.74, 6) is 0.540. The van der Waals surface area contributed by atoms with Gasteiger partial charge in [0.15, 0.2) is 0 Å². The van der Waals surface area contributed by atoms with Gasteiger partial charge in [-0.2, -0.15) is 0 Å². The summed E-state index contributed by atoms with van der Waals surface area (Å²) >= 11 is 0. The number of nitrogens with one attached hydrogen (secondary N) is 1. The number of amides is 1. The Hall–Kier alpha value is -1.55. The van der Waals surface area contributed by atoms with E-state index in [9.17, 15) is 4.79 Å². The highest BCUT2D eigenvalue weighted by molar-refractivity contribution is 5.67. The molecule has 110 valence electrons. The summed E-state index contributed by atoms with van der Waals surface area (Å²) in [5, 5.41) is 2.80. The van der Waals surface area contributed by atoms with E-state index in [1.165, 1.54) is 19.3 Å². The smallest absolute Gasteiger partial charge is 0.407 e. The SMILES string of the molecule is NC1CCCCC1CCNC(=O)OCc1ccccc1. The highest BCUT2D eigenvalue weighted by Gasteiger charge is 2.21. The molecular weight excluding hydrogens is 252 g/mol. The van der Waals surface area contributed by atoms with Crippen LogP contribution in [0.5, 0.6) is 0 Å². The number of hydrogen-bond donors (Lipinski definition) is 2. The van der Waals surface area contributed by atoms with Crippen LogP contribution in [-0.2, 0) is 11.3 Å². The van der Waals surface area contributed by atoms with E-state index in [1.54, 1.807) is 0 Å². The zero-order valence-electron chi connectivity index (χ0n) is 11.9. The quantitative estimate of drug-likeness (QED) is 0.869. The molecule has 0 spiro atoms. The Kier molecular flexibility index (Phi) is 5.87.